The lowest BCUT2D eigenvalue weighted by Crippen LogP contribution is -1.82. The molecule has 2 heteroatoms. The number of nitriles is 1. The molecule has 54 valence electrons. The quantitative estimate of drug-likeness (QED) is 0.602. The van der Waals surface area contributed by atoms with E-state index in [0.29, 0.717) is 0 Å². The van der Waals surface area contributed by atoms with Crippen LogP contribution in [-0.2, 0) is 0 Å². The van der Waals surface area contributed by atoms with E-state index < -0.39 is 0 Å². The highest BCUT2D eigenvalue weighted by molar-refractivity contribution is 5.30. The summed E-state index contributed by atoms with van der Waals surface area (Å²) in [5.74, 6) is 0. The second kappa shape index (κ2) is 2.37. The summed E-state index contributed by atoms with van der Waals surface area (Å²) in [6.45, 7) is 0. The molecule has 1 fully saturated rings. The summed E-state index contributed by atoms with van der Waals surface area (Å²) in [5, 5.41) is 11.6. The molecular formula is C9H8N2. The van der Waals surface area contributed by atoms with Crippen LogP contribution in [0.3, 0.4) is 0 Å². The molecule has 1 aliphatic rings. The molecule has 2 nitrogen and oxygen atoms in total. The number of nitrogens with one attached hydrogen (secondary N) is 1. The maximum Gasteiger partial charge on any atom is 0.116 e. The summed E-state index contributed by atoms with van der Waals surface area (Å²) in [7, 11) is 0. The summed E-state index contributed by atoms with van der Waals surface area (Å²) in [6.07, 6.45) is 0. The molecule has 0 unspecified atom stereocenters. The highest BCUT2D eigenvalue weighted by Gasteiger charge is 2.37. The molecule has 2 atom stereocenters. The van der Waals surface area contributed by atoms with E-state index in [9.17, 15) is 0 Å². The van der Waals surface area contributed by atoms with Crippen LogP contribution in [0.25, 0.3) is 0 Å². The molecule has 0 aliphatic carbocycles. The zero-order chi connectivity index (χ0) is 7.68. The molecule has 1 N–H and O–H groups in total. The number of rotatable bonds is 1. The third-order valence-corrected chi connectivity index (χ3v) is 1.88. The Bertz CT molecular complexity index is 286. The second-order valence-corrected chi connectivity index (χ2v) is 2.66. The molecule has 0 spiro atoms. The smallest absolute Gasteiger partial charge is 0.116 e. The Balaban J connectivity index is 2.16. The monoisotopic (exact) mass is 144 g/mol. The van der Waals surface area contributed by atoms with Crippen LogP contribution in [-0.4, -0.2) is 6.04 Å². The number of hydrogen-bond donors (Lipinski definition) is 1. The minimum atomic E-state index is 0.0393. The maximum absolute atomic E-state index is 8.53. The van der Waals surface area contributed by atoms with Crippen molar-refractivity contribution >= 4 is 0 Å². The van der Waals surface area contributed by atoms with Crippen molar-refractivity contribution in [2.75, 3.05) is 0 Å². The first-order valence-corrected chi connectivity index (χ1v) is 3.62. The van der Waals surface area contributed by atoms with Crippen LogP contribution in [0.5, 0.6) is 0 Å². The van der Waals surface area contributed by atoms with Crippen molar-refractivity contribution < 1.29 is 0 Å². The van der Waals surface area contributed by atoms with Gasteiger partial charge in [0, 0.05) is 0 Å². The summed E-state index contributed by atoms with van der Waals surface area (Å²) < 4.78 is 0. The van der Waals surface area contributed by atoms with Crippen molar-refractivity contribution in [2.24, 2.45) is 0 Å². The summed E-state index contributed by atoms with van der Waals surface area (Å²) in [6, 6.07) is 12.5. The van der Waals surface area contributed by atoms with Crippen molar-refractivity contribution in [1.29, 1.82) is 5.26 Å². The predicted octanol–water partition coefficient (Wildman–Crippen LogP) is 1.22. The Kier molecular flexibility index (Phi) is 1.38. The fourth-order valence-electron chi connectivity index (χ4n) is 1.20. The molecule has 1 heterocycles. The van der Waals surface area contributed by atoms with Crippen LogP contribution >= 0.6 is 0 Å². The fraction of sp³-hybridized carbons (Fsp3) is 0.222. The van der Waals surface area contributed by atoms with Gasteiger partial charge < -0.3 is 0 Å². The maximum atomic E-state index is 8.53. The van der Waals surface area contributed by atoms with Crippen LogP contribution in [0, 0.1) is 11.3 Å². The van der Waals surface area contributed by atoms with Gasteiger partial charge in [0.15, 0.2) is 0 Å². The Morgan fingerprint density at radius 3 is 2.55 bits per heavy atom. The van der Waals surface area contributed by atoms with Crippen molar-refractivity contribution in [3.63, 3.8) is 0 Å². The van der Waals surface area contributed by atoms with Crippen molar-refractivity contribution in [2.45, 2.75) is 12.1 Å². The minimum Gasteiger partial charge on any atom is -0.291 e. The molecule has 0 aromatic heterocycles. The topological polar surface area (TPSA) is 45.7 Å². The van der Waals surface area contributed by atoms with Gasteiger partial charge in [0.05, 0.1) is 12.1 Å². The molecule has 2 rings (SSSR count). The van der Waals surface area contributed by atoms with E-state index in [1.54, 1.807) is 0 Å². The lowest BCUT2D eigenvalue weighted by molar-refractivity contribution is 1.07. The van der Waals surface area contributed by atoms with Gasteiger partial charge in [-0.2, -0.15) is 5.26 Å². The standard InChI is InChI=1S/C9H8N2/c10-6-8-9(11-8)7-4-2-1-3-5-7/h1-5,8-9,11H/t8-,9-/m0/s1. The van der Waals surface area contributed by atoms with Crippen LogP contribution in [0.15, 0.2) is 30.3 Å². The Hall–Kier alpha value is -1.33. The van der Waals surface area contributed by atoms with E-state index in [4.69, 9.17) is 5.26 Å². The first kappa shape index (κ1) is 6.38. The summed E-state index contributed by atoms with van der Waals surface area (Å²) >= 11 is 0. The Morgan fingerprint density at radius 1 is 1.27 bits per heavy atom. The highest BCUT2D eigenvalue weighted by atomic mass is 15.1. The third kappa shape index (κ3) is 1.11. The minimum absolute atomic E-state index is 0.0393. The van der Waals surface area contributed by atoms with Gasteiger partial charge in [0.1, 0.15) is 6.04 Å². The average Bonchev–Trinajstić information content (AvgIpc) is 2.85. The van der Waals surface area contributed by atoms with Crippen LogP contribution in [0.4, 0.5) is 0 Å². The normalized spacial score (nSPS) is 27.5. The molecule has 11 heavy (non-hydrogen) atoms. The van der Waals surface area contributed by atoms with Crippen molar-refractivity contribution in [1.82, 2.24) is 5.32 Å². The predicted molar refractivity (Wildman–Crippen MR) is 41.7 cm³/mol. The van der Waals surface area contributed by atoms with Gasteiger partial charge in [-0.3, -0.25) is 5.32 Å². The zero-order valence-electron chi connectivity index (χ0n) is 5.99. The van der Waals surface area contributed by atoms with Gasteiger partial charge in [-0.25, -0.2) is 0 Å². The largest absolute Gasteiger partial charge is 0.291 e. The van der Waals surface area contributed by atoms with E-state index in [1.807, 2.05) is 30.3 Å². The van der Waals surface area contributed by atoms with Gasteiger partial charge in [-0.05, 0) is 5.56 Å². The van der Waals surface area contributed by atoms with E-state index in [2.05, 4.69) is 11.4 Å². The molecule has 0 saturated carbocycles. The van der Waals surface area contributed by atoms with Gasteiger partial charge >= 0.3 is 0 Å². The van der Waals surface area contributed by atoms with Crippen LogP contribution in [0.2, 0.25) is 0 Å². The second-order valence-electron chi connectivity index (χ2n) is 2.66. The van der Waals surface area contributed by atoms with Gasteiger partial charge in [0.2, 0.25) is 0 Å². The molecule has 0 radical (unpaired) electrons. The van der Waals surface area contributed by atoms with Gasteiger partial charge in [0.25, 0.3) is 0 Å². The van der Waals surface area contributed by atoms with Crippen molar-refractivity contribution in [3.8, 4) is 6.07 Å². The average molecular weight is 144 g/mol. The van der Waals surface area contributed by atoms with Gasteiger partial charge in [-0.1, -0.05) is 30.3 Å². The fourth-order valence-corrected chi connectivity index (χ4v) is 1.20. The molecule has 1 aliphatic heterocycles. The first-order chi connectivity index (χ1) is 5.42. The number of hydrogen-bond acceptors (Lipinski definition) is 2. The Labute approximate surface area is 65.5 Å². The SMILES string of the molecule is N#C[C@@H]1N[C@H]1c1ccccc1. The molecule has 1 aromatic rings. The van der Waals surface area contributed by atoms with Crippen LogP contribution < -0.4 is 5.32 Å². The van der Waals surface area contributed by atoms with E-state index >= 15 is 0 Å². The van der Waals surface area contributed by atoms with Crippen LogP contribution in [0.1, 0.15) is 11.6 Å². The molecular weight excluding hydrogens is 136 g/mol. The number of benzene rings is 1. The summed E-state index contributed by atoms with van der Waals surface area (Å²) in [4.78, 5) is 0. The molecule has 0 amide bonds. The Morgan fingerprint density at radius 2 is 2.00 bits per heavy atom. The van der Waals surface area contributed by atoms with E-state index in [1.165, 1.54) is 5.56 Å². The zero-order valence-corrected chi connectivity index (χ0v) is 5.99. The third-order valence-electron chi connectivity index (χ3n) is 1.88. The molecule has 0 bridgehead atoms. The molecule has 1 aromatic carbocycles. The van der Waals surface area contributed by atoms with E-state index in [0.717, 1.165) is 0 Å². The lowest BCUT2D eigenvalue weighted by atomic mass is 10.1. The van der Waals surface area contributed by atoms with E-state index in [-0.39, 0.29) is 12.1 Å². The first-order valence-electron chi connectivity index (χ1n) is 3.62. The lowest BCUT2D eigenvalue weighted by Gasteiger charge is -1.92. The summed E-state index contributed by atoms with van der Waals surface area (Å²) in [5.41, 5.74) is 1.21. The van der Waals surface area contributed by atoms with Crippen molar-refractivity contribution in [3.05, 3.63) is 35.9 Å². The highest BCUT2D eigenvalue weighted by Crippen LogP contribution is 2.28. The molecule has 1 saturated heterocycles. The van der Waals surface area contributed by atoms with Gasteiger partial charge in [-0.15, -0.1) is 0 Å². The number of nitrogens with zero attached hydrogens (tertiary/aromatic N) is 1.